The van der Waals surface area contributed by atoms with Crippen LogP contribution in [0.15, 0.2) is 33.2 Å². The molecule has 17 heavy (non-hydrogen) atoms. The Balaban J connectivity index is 2.46. The van der Waals surface area contributed by atoms with Crippen LogP contribution >= 0.6 is 54.8 Å². The lowest BCUT2D eigenvalue weighted by molar-refractivity contribution is 0.223. The van der Waals surface area contributed by atoms with Crippen LogP contribution in [0.5, 0.6) is 0 Å². The number of aliphatic hydroxyl groups excluding tert-OH is 1. The molecule has 2 aromatic rings. The van der Waals surface area contributed by atoms with E-state index in [1.54, 1.807) is 17.4 Å². The Morgan fingerprint density at radius 3 is 2.59 bits per heavy atom. The van der Waals surface area contributed by atoms with E-state index >= 15 is 0 Å². The maximum absolute atomic E-state index is 10.4. The van der Waals surface area contributed by atoms with E-state index in [0.717, 1.165) is 18.7 Å². The number of halogens is 3. The Morgan fingerprint density at radius 1 is 1.29 bits per heavy atom. The fourth-order valence-corrected chi connectivity index (χ4v) is 4.03. The van der Waals surface area contributed by atoms with Gasteiger partial charge in [0.15, 0.2) is 0 Å². The van der Waals surface area contributed by atoms with E-state index < -0.39 is 6.10 Å². The standard InChI is InChI=1S/C12H9Br2ClOS/c1-6-4-9(14)12(17-6)11(16)8-5-7(13)2-3-10(8)15/h2-5,11,16H,1H3. The molecule has 0 fully saturated rings. The molecular weight excluding hydrogens is 387 g/mol. The van der Waals surface area contributed by atoms with Gasteiger partial charge < -0.3 is 5.11 Å². The summed E-state index contributed by atoms with van der Waals surface area (Å²) in [6, 6.07) is 7.47. The highest BCUT2D eigenvalue weighted by Gasteiger charge is 2.19. The largest absolute Gasteiger partial charge is 0.383 e. The Morgan fingerprint density at radius 2 is 2.00 bits per heavy atom. The maximum atomic E-state index is 10.4. The van der Waals surface area contributed by atoms with Gasteiger partial charge in [-0.3, -0.25) is 0 Å². The Labute approximate surface area is 126 Å². The van der Waals surface area contributed by atoms with Crippen molar-refractivity contribution >= 4 is 54.8 Å². The van der Waals surface area contributed by atoms with E-state index in [0.29, 0.717) is 10.6 Å². The zero-order valence-corrected chi connectivity index (χ0v) is 13.6. The molecule has 0 saturated carbocycles. The average molecular weight is 397 g/mol. The zero-order chi connectivity index (χ0) is 12.6. The second kappa shape index (κ2) is 5.41. The van der Waals surface area contributed by atoms with Crippen molar-refractivity contribution in [1.29, 1.82) is 0 Å². The smallest absolute Gasteiger partial charge is 0.116 e. The molecule has 2 rings (SSSR count). The predicted molar refractivity (Wildman–Crippen MR) is 80.0 cm³/mol. The highest BCUT2D eigenvalue weighted by Crippen LogP contribution is 2.38. The maximum Gasteiger partial charge on any atom is 0.116 e. The van der Waals surface area contributed by atoms with Crippen LogP contribution in [0.1, 0.15) is 21.4 Å². The minimum atomic E-state index is -0.701. The lowest BCUT2D eigenvalue weighted by atomic mass is 10.1. The van der Waals surface area contributed by atoms with Crippen molar-refractivity contribution in [3.8, 4) is 0 Å². The molecule has 1 aromatic heterocycles. The molecule has 5 heteroatoms. The summed E-state index contributed by atoms with van der Waals surface area (Å²) in [6.45, 7) is 2.01. The number of aryl methyl sites for hydroxylation is 1. The Hall–Kier alpha value is 0.130. The van der Waals surface area contributed by atoms with Crippen LogP contribution in [0.2, 0.25) is 5.02 Å². The van der Waals surface area contributed by atoms with Gasteiger partial charge in [0.1, 0.15) is 6.10 Å². The summed E-state index contributed by atoms with van der Waals surface area (Å²) in [5.41, 5.74) is 0.712. The molecule has 0 spiro atoms. The minimum absolute atomic E-state index is 0.568. The van der Waals surface area contributed by atoms with E-state index in [2.05, 4.69) is 31.9 Å². The van der Waals surface area contributed by atoms with E-state index in [9.17, 15) is 5.11 Å². The van der Waals surface area contributed by atoms with Gasteiger partial charge in [0.2, 0.25) is 0 Å². The van der Waals surface area contributed by atoms with Crippen LogP contribution in [0.3, 0.4) is 0 Å². The zero-order valence-electron chi connectivity index (χ0n) is 8.88. The molecule has 1 nitrogen and oxygen atoms in total. The van der Waals surface area contributed by atoms with Crippen LogP contribution < -0.4 is 0 Å². The first kappa shape index (κ1) is 13.6. The van der Waals surface area contributed by atoms with Crippen LogP contribution in [-0.2, 0) is 0 Å². The molecule has 0 amide bonds. The van der Waals surface area contributed by atoms with Crippen molar-refractivity contribution in [2.45, 2.75) is 13.0 Å². The first-order chi connectivity index (χ1) is 7.99. The van der Waals surface area contributed by atoms with Crippen LogP contribution in [0.25, 0.3) is 0 Å². The topological polar surface area (TPSA) is 20.2 Å². The summed E-state index contributed by atoms with van der Waals surface area (Å²) in [6.07, 6.45) is -0.701. The van der Waals surface area contributed by atoms with Gasteiger partial charge in [-0.05, 0) is 47.1 Å². The van der Waals surface area contributed by atoms with Gasteiger partial charge in [-0.1, -0.05) is 27.5 Å². The third-order valence-electron chi connectivity index (χ3n) is 2.34. The molecule has 90 valence electrons. The quantitative estimate of drug-likeness (QED) is 0.729. The summed E-state index contributed by atoms with van der Waals surface area (Å²) in [4.78, 5) is 2.03. The Bertz CT molecular complexity index is 553. The van der Waals surface area contributed by atoms with Crippen molar-refractivity contribution in [2.24, 2.45) is 0 Å². The third kappa shape index (κ3) is 2.93. The van der Waals surface area contributed by atoms with Crippen molar-refractivity contribution in [3.05, 3.63) is 53.6 Å². The highest BCUT2D eigenvalue weighted by molar-refractivity contribution is 9.10. The van der Waals surface area contributed by atoms with E-state index in [1.165, 1.54) is 0 Å². The van der Waals surface area contributed by atoms with E-state index in [1.807, 2.05) is 25.1 Å². The fourth-order valence-electron chi connectivity index (χ4n) is 1.55. The molecular formula is C12H9Br2ClOS. The van der Waals surface area contributed by atoms with Crippen molar-refractivity contribution < 1.29 is 5.11 Å². The molecule has 1 atom stereocenters. The van der Waals surface area contributed by atoms with Gasteiger partial charge in [-0.25, -0.2) is 0 Å². The average Bonchev–Trinajstić information content (AvgIpc) is 2.60. The predicted octanol–water partition coefficient (Wildman–Crippen LogP) is 5.32. The molecule has 0 aliphatic carbocycles. The second-order valence-corrected chi connectivity index (χ2v) is 7.10. The normalized spacial score (nSPS) is 12.8. The lowest BCUT2D eigenvalue weighted by Crippen LogP contribution is -1.98. The van der Waals surface area contributed by atoms with Crippen LogP contribution in [0.4, 0.5) is 0 Å². The first-order valence-corrected chi connectivity index (χ1v) is 7.66. The molecule has 1 unspecified atom stereocenters. The number of aliphatic hydroxyl groups is 1. The van der Waals surface area contributed by atoms with Crippen molar-refractivity contribution in [3.63, 3.8) is 0 Å². The number of thiophene rings is 1. The highest BCUT2D eigenvalue weighted by atomic mass is 79.9. The molecule has 1 heterocycles. The van der Waals surface area contributed by atoms with Gasteiger partial charge in [0.05, 0.1) is 4.88 Å². The first-order valence-electron chi connectivity index (χ1n) is 4.88. The van der Waals surface area contributed by atoms with Gasteiger partial charge in [0.25, 0.3) is 0 Å². The lowest BCUT2D eigenvalue weighted by Gasteiger charge is -2.12. The Kier molecular flexibility index (Phi) is 4.31. The molecule has 0 bridgehead atoms. The molecule has 0 saturated heterocycles. The van der Waals surface area contributed by atoms with Gasteiger partial charge >= 0.3 is 0 Å². The summed E-state index contributed by atoms with van der Waals surface area (Å²) >= 11 is 14.5. The molecule has 1 N–H and O–H groups in total. The molecule has 0 radical (unpaired) electrons. The second-order valence-electron chi connectivity index (χ2n) is 3.64. The number of hydrogen-bond acceptors (Lipinski definition) is 2. The number of rotatable bonds is 2. The molecule has 1 aromatic carbocycles. The summed E-state index contributed by atoms with van der Waals surface area (Å²) in [7, 11) is 0. The van der Waals surface area contributed by atoms with Crippen molar-refractivity contribution in [1.82, 2.24) is 0 Å². The van der Waals surface area contributed by atoms with Crippen molar-refractivity contribution in [2.75, 3.05) is 0 Å². The van der Waals surface area contributed by atoms with Gasteiger partial charge in [0, 0.05) is 24.4 Å². The fraction of sp³-hybridized carbons (Fsp3) is 0.167. The third-order valence-corrected chi connectivity index (χ3v) is 5.20. The van der Waals surface area contributed by atoms with Crippen LogP contribution in [-0.4, -0.2) is 5.11 Å². The minimum Gasteiger partial charge on any atom is -0.383 e. The molecule has 0 aliphatic rings. The summed E-state index contributed by atoms with van der Waals surface area (Å²) in [5.74, 6) is 0. The number of hydrogen-bond donors (Lipinski definition) is 1. The molecule has 0 aliphatic heterocycles. The monoisotopic (exact) mass is 394 g/mol. The summed E-state index contributed by atoms with van der Waals surface area (Å²) in [5, 5.41) is 10.9. The van der Waals surface area contributed by atoms with E-state index in [-0.39, 0.29) is 0 Å². The van der Waals surface area contributed by atoms with Gasteiger partial charge in [-0.2, -0.15) is 0 Å². The number of benzene rings is 1. The van der Waals surface area contributed by atoms with Crippen LogP contribution in [0, 0.1) is 6.92 Å². The van der Waals surface area contributed by atoms with Gasteiger partial charge in [-0.15, -0.1) is 11.3 Å². The summed E-state index contributed by atoms with van der Waals surface area (Å²) < 4.78 is 1.82. The SMILES string of the molecule is Cc1cc(Br)c(C(O)c2cc(Br)ccc2Cl)s1. The van der Waals surface area contributed by atoms with E-state index in [4.69, 9.17) is 11.6 Å².